The van der Waals surface area contributed by atoms with Gasteiger partial charge in [-0.05, 0) is 37.6 Å². The zero-order valence-corrected chi connectivity index (χ0v) is 13.4. The summed E-state index contributed by atoms with van der Waals surface area (Å²) in [5.41, 5.74) is 4.56. The number of nitrogens with one attached hydrogen (secondary N) is 1. The van der Waals surface area contributed by atoms with E-state index in [2.05, 4.69) is 15.1 Å². The first-order valence-corrected chi connectivity index (χ1v) is 7.95. The SMILES string of the molecule is CN1CC2CCC(C1)N2Cc1ccc(NC(N)=O)cc1C(F)(F)F. The van der Waals surface area contributed by atoms with Gasteiger partial charge in [0.25, 0.3) is 0 Å². The van der Waals surface area contributed by atoms with E-state index < -0.39 is 17.8 Å². The molecule has 2 fully saturated rings. The Hall–Kier alpha value is -1.80. The summed E-state index contributed by atoms with van der Waals surface area (Å²) in [5.74, 6) is 0. The van der Waals surface area contributed by atoms with Crippen LogP contribution in [0.2, 0.25) is 0 Å². The quantitative estimate of drug-likeness (QED) is 0.887. The molecule has 0 aliphatic carbocycles. The summed E-state index contributed by atoms with van der Waals surface area (Å²) in [5, 5.41) is 2.20. The zero-order valence-electron chi connectivity index (χ0n) is 13.4. The standard InChI is InChI=1S/C16H21F3N4O/c1-22-8-12-4-5-13(9-22)23(12)7-10-2-3-11(21-15(20)24)6-14(10)16(17,18)19/h2-3,6,12-13H,4-5,7-9H2,1H3,(H3,20,21,24). The molecule has 2 heterocycles. The Morgan fingerprint density at radius 1 is 1.29 bits per heavy atom. The number of primary amides is 1. The highest BCUT2D eigenvalue weighted by Crippen LogP contribution is 2.37. The Morgan fingerprint density at radius 3 is 2.46 bits per heavy atom. The van der Waals surface area contributed by atoms with E-state index in [4.69, 9.17) is 5.73 Å². The van der Waals surface area contributed by atoms with Gasteiger partial charge in [-0.15, -0.1) is 0 Å². The molecule has 2 aliphatic rings. The Labute approximate surface area is 138 Å². The van der Waals surface area contributed by atoms with Gasteiger partial charge in [-0.1, -0.05) is 6.07 Å². The number of benzene rings is 1. The molecule has 0 aromatic heterocycles. The zero-order chi connectivity index (χ0) is 17.5. The van der Waals surface area contributed by atoms with Crippen molar-refractivity contribution < 1.29 is 18.0 Å². The van der Waals surface area contributed by atoms with E-state index in [-0.39, 0.29) is 17.8 Å². The number of piperazine rings is 1. The van der Waals surface area contributed by atoms with Crippen LogP contribution in [0.4, 0.5) is 23.7 Å². The molecule has 2 saturated heterocycles. The van der Waals surface area contributed by atoms with Crippen LogP contribution in [0, 0.1) is 0 Å². The molecule has 0 saturated carbocycles. The van der Waals surface area contributed by atoms with E-state index in [0.29, 0.717) is 12.1 Å². The van der Waals surface area contributed by atoms with Crippen LogP contribution in [0.1, 0.15) is 24.0 Å². The fourth-order valence-electron chi connectivity index (χ4n) is 3.85. The van der Waals surface area contributed by atoms with Gasteiger partial charge in [-0.3, -0.25) is 4.90 Å². The van der Waals surface area contributed by atoms with Crippen LogP contribution >= 0.6 is 0 Å². The van der Waals surface area contributed by atoms with Crippen LogP contribution in [0.3, 0.4) is 0 Å². The molecule has 2 unspecified atom stereocenters. The molecule has 2 bridgehead atoms. The summed E-state index contributed by atoms with van der Waals surface area (Å²) in [4.78, 5) is 15.3. The number of alkyl halides is 3. The molecule has 2 atom stereocenters. The van der Waals surface area contributed by atoms with Gasteiger partial charge in [-0.25, -0.2) is 4.79 Å². The number of urea groups is 1. The summed E-state index contributed by atoms with van der Waals surface area (Å²) in [6.45, 7) is 2.05. The number of hydrogen-bond donors (Lipinski definition) is 2. The second kappa shape index (κ2) is 6.25. The molecule has 0 radical (unpaired) electrons. The first-order chi connectivity index (χ1) is 11.2. The third-order valence-corrected chi connectivity index (χ3v) is 4.85. The summed E-state index contributed by atoms with van der Waals surface area (Å²) in [6, 6.07) is 3.58. The smallest absolute Gasteiger partial charge is 0.351 e. The van der Waals surface area contributed by atoms with Gasteiger partial charge in [-0.2, -0.15) is 13.2 Å². The predicted octanol–water partition coefficient (Wildman–Crippen LogP) is 2.47. The van der Waals surface area contributed by atoms with Gasteiger partial charge < -0.3 is 16.0 Å². The van der Waals surface area contributed by atoms with Crippen LogP contribution in [0.5, 0.6) is 0 Å². The normalized spacial score (nSPS) is 25.0. The fourth-order valence-corrected chi connectivity index (χ4v) is 3.85. The van der Waals surface area contributed by atoms with Gasteiger partial charge >= 0.3 is 12.2 Å². The van der Waals surface area contributed by atoms with E-state index >= 15 is 0 Å². The molecule has 132 valence electrons. The van der Waals surface area contributed by atoms with Crippen molar-refractivity contribution in [3.8, 4) is 0 Å². The first kappa shape index (κ1) is 17.0. The second-order valence-corrected chi connectivity index (χ2v) is 6.64. The number of fused-ring (bicyclic) bond motifs is 2. The van der Waals surface area contributed by atoms with Gasteiger partial charge in [0.1, 0.15) is 0 Å². The van der Waals surface area contributed by atoms with Crippen molar-refractivity contribution in [3.63, 3.8) is 0 Å². The highest BCUT2D eigenvalue weighted by atomic mass is 19.4. The monoisotopic (exact) mass is 342 g/mol. The molecule has 3 rings (SSSR count). The number of nitrogens with zero attached hydrogens (tertiary/aromatic N) is 2. The Bertz CT molecular complexity index is 620. The summed E-state index contributed by atoms with van der Waals surface area (Å²) in [7, 11) is 2.05. The van der Waals surface area contributed by atoms with Crippen LogP contribution < -0.4 is 11.1 Å². The number of hydrogen-bond acceptors (Lipinski definition) is 3. The average molecular weight is 342 g/mol. The fraction of sp³-hybridized carbons (Fsp3) is 0.562. The lowest BCUT2D eigenvalue weighted by atomic mass is 10.0. The molecular weight excluding hydrogens is 321 g/mol. The number of likely N-dealkylation sites (tertiary alicyclic amines) is 1. The molecular formula is C16H21F3N4O. The molecule has 5 nitrogen and oxygen atoms in total. The van der Waals surface area contributed by atoms with Gasteiger partial charge in [0.05, 0.1) is 5.56 Å². The minimum atomic E-state index is -4.48. The Balaban J connectivity index is 1.86. The van der Waals surface area contributed by atoms with E-state index in [1.54, 1.807) is 0 Å². The molecule has 1 aromatic rings. The first-order valence-electron chi connectivity index (χ1n) is 7.95. The van der Waals surface area contributed by atoms with Crippen molar-refractivity contribution in [1.82, 2.24) is 9.80 Å². The van der Waals surface area contributed by atoms with Crippen molar-refractivity contribution in [1.29, 1.82) is 0 Å². The maximum Gasteiger partial charge on any atom is 0.416 e. The minimum absolute atomic E-state index is 0.0555. The highest BCUT2D eigenvalue weighted by Gasteiger charge is 2.40. The van der Waals surface area contributed by atoms with Gasteiger partial charge in [0.15, 0.2) is 0 Å². The number of anilines is 1. The highest BCUT2D eigenvalue weighted by molar-refractivity contribution is 5.87. The van der Waals surface area contributed by atoms with Crippen molar-refractivity contribution >= 4 is 11.7 Å². The summed E-state index contributed by atoms with van der Waals surface area (Å²) >= 11 is 0. The Morgan fingerprint density at radius 2 is 1.92 bits per heavy atom. The molecule has 2 amide bonds. The number of likely N-dealkylation sites (N-methyl/N-ethyl adjacent to an activating group) is 1. The lowest BCUT2D eigenvalue weighted by Crippen LogP contribution is -2.51. The number of amides is 2. The lowest BCUT2D eigenvalue weighted by Gasteiger charge is -2.39. The average Bonchev–Trinajstić information content (AvgIpc) is 2.70. The van der Waals surface area contributed by atoms with Crippen molar-refractivity contribution in [2.24, 2.45) is 5.73 Å². The Kier molecular flexibility index (Phi) is 4.44. The third-order valence-electron chi connectivity index (χ3n) is 4.85. The van der Waals surface area contributed by atoms with Crippen molar-refractivity contribution in [2.75, 3.05) is 25.5 Å². The number of rotatable bonds is 3. The maximum atomic E-state index is 13.4. The van der Waals surface area contributed by atoms with Crippen molar-refractivity contribution in [2.45, 2.75) is 37.6 Å². The number of carbonyl (C=O) groups excluding carboxylic acids is 1. The number of carbonyl (C=O) groups is 1. The molecule has 8 heteroatoms. The summed E-state index contributed by atoms with van der Waals surface area (Å²) in [6.07, 6.45) is -2.42. The van der Waals surface area contributed by atoms with Crippen LogP contribution in [-0.2, 0) is 12.7 Å². The van der Waals surface area contributed by atoms with E-state index in [0.717, 1.165) is 32.0 Å². The number of halogens is 3. The van der Waals surface area contributed by atoms with Gasteiger partial charge in [0, 0.05) is 37.4 Å². The predicted molar refractivity (Wildman–Crippen MR) is 84.5 cm³/mol. The largest absolute Gasteiger partial charge is 0.416 e. The maximum absolute atomic E-state index is 13.4. The molecule has 3 N–H and O–H groups in total. The lowest BCUT2D eigenvalue weighted by molar-refractivity contribution is -0.138. The second-order valence-electron chi connectivity index (χ2n) is 6.64. The van der Waals surface area contributed by atoms with E-state index in [1.165, 1.54) is 12.1 Å². The van der Waals surface area contributed by atoms with Crippen LogP contribution in [0.15, 0.2) is 18.2 Å². The third kappa shape index (κ3) is 3.49. The molecule has 0 spiro atoms. The minimum Gasteiger partial charge on any atom is -0.351 e. The molecule has 2 aliphatic heterocycles. The number of nitrogens with two attached hydrogens (primary N) is 1. The topological polar surface area (TPSA) is 61.6 Å². The van der Waals surface area contributed by atoms with Crippen LogP contribution in [0.25, 0.3) is 0 Å². The molecule has 1 aromatic carbocycles. The molecule has 24 heavy (non-hydrogen) atoms. The van der Waals surface area contributed by atoms with E-state index in [1.807, 2.05) is 7.05 Å². The van der Waals surface area contributed by atoms with Crippen LogP contribution in [-0.4, -0.2) is 48.1 Å². The van der Waals surface area contributed by atoms with E-state index in [9.17, 15) is 18.0 Å². The van der Waals surface area contributed by atoms with Gasteiger partial charge in [0.2, 0.25) is 0 Å². The van der Waals surface area contributed by atoms with Crippen molar-refractivity contribution in [3.05, 3.63) is 29.3 Å². The summed E-state index contributed by atoms with van der Waals surface area (Å²) < 4.78 is 40.3.